The smallest absolute Gasteiger partial charge is 0.101 e. The van der Waals surface area contributed by atoms with Crippen LogP contribution in [0, 0.1) is 18.3 Å². The van der Waals surface area contributed by atoms with Crippen molar-refractivity contribution in [3.05, 3.63) is 56.5 Å². The second kappa shape index (κ2) is 5.71. The van der Waals surface area contributed by atoms with Crippen molar-refractivity contribution in [1.29, 1.82) is 5.26 Å². The number of aryl methyl sites for hydroxylation is 1. The number of hydrogen-bond acceptors (Lipinski definition) is 2. The molecule has 0 radical (unpaired) electrons. The number of hydrogen-bond donors (Lipinski definition) is 1. The summed E-state index contributed by atoms with van der Waals surface area (Å²) in [4.78, 5) is 0. The first-order chi connectivity index (χ1) is 9.02. The van der Waals surface area contributed by atoms with Gasteiger partial charge in [-0.25, -0.2) is 0 Å². The molecule has 0 aliphatic heterocycles. The van der Waals surface area contributed by atoms with Crippen molar-refractivity contribution in [2.45, 2.75) is 6.92 Å². The standard InChI is InChI=1S/C14H9Cl3N2/c1-8-3-2-4-9(7-18)14(8)19-13-6-11(16)10(15)5-12(13)17/h2-6,19H,1H3. The van der Waals surface area contributed by atoms with Crippen molar-refractivity contribution in [3.63, 3.8) is 0 Å². The van der Waals surface area contributed by atoms with Crippen LogP contribution in [0.15, 0.2) is 30.3 Å². The van der Waals surface area contributed by atoms with E-state index >= 15 is 0 Å². The zero-order chi connectivity index (χ0) is 14.0. The van der Waals surface area contributed by atoms with Crippen molar-refractivity contribution in [1.82, 2.24) is 0 Å². The van der Waals surface area contributed by atoms with E-state index in [-0.39, 0.29) is 0 Å². The first-order valence-electron chi connectivity index (χ1n) is 5.44. The summed E-state index contributed by atoms with van der Waals surface area (Å²) in [5, 5.41) is 13.5. The zero-order valence-corrected chi connectivity index (χ0v) is 12.2. The van der Waals surface area contributed by atoms with Gasteiger partial charge in [0.2, 0.25) is 0 Å². The summed E-state index contributed by atoms with van der Waals surface area (Å²) < 4.78 is 0. The van der Waals surface area contributed by atoms with Gasteiger partial charge in [-0.05, 0) is 30.7 Å². The number of nitriles is 1. The van der Waals surface area contributed by atoms with Crippen LogP contribution >= 0.6 is 34.8 Å². The highest BCUT2D eigenvalue weighted by Gasteiger charge is 2.10. The van der Waals surface area contributed by atoms with E-state index < -0.39 is 0 Å². The van der Waals surface area contributed by atoms with Crippen LogP contribution < -0.4 is 5.32 Å². The van der Waals surface area contributed by atoms with E-state index in [0.29, 0.717) is 32.0 Å². The van der Waals surface area contributed by atoms with Gasteiger partial charge in [-0.15, -0.1) is 0 Å². The fraction of sp³-hybridized carbons (Fsp3) is 0.0714. The van der Waals surface area contributed by atoms with E-state index in [9.17, 15) is 0 Å². The van der Waals surface area contributed by atoms with Gasteiger partial charge in [-0.1, -0.05) is 46.9 Å². The zero-order valence-electron chi connectivity index (χ0n) is 9.97. The molecule has 0 aliphatic carbocycles. The summed E-state index contributed by atoms with van der Waals surface area (Å²) >= 11 is 18.0. The first kappa shape index (κ1) is 14.0. The summed E-state index contributed by atoms with van der Waals surface area (Å²) in [5.41, 5.74) is 2.82. The molecule has 0 atom stereocenters. The minimum Gasteiger partial charge on any atom is -0.353 e. The highest BCUT2D eigenvalue weighted by molar-refractivity contribution is 6.44. The normalized spacial score (nSPS) is 10.1. The lowest BCUT2D eigenvalue weighted by Crippen LogP contribution is -1.97. The lowest BCUT2D eigenvalue weighted by molar-refractivity contribution is 1.39. The Bertz CT molecular complexity index is 675. The van der Waals surface area contributed by atoms with Crippen LogP contribution in [-0.2, 0) is 0 Å². The quantitative estimate of drug-likeness (QED) is 0.736. The molecule has 0 spiro atoms. The molecule has 2 aromatic carbocycles. The van der Waals surface area contributed by atoms with Crippen LogP contribution in [0.1, 0.15) is 11.1 Å². The van der Waals surface area contributed by atoms with E-state index in [4.69, 9.17) is 40.1 Å². The Labute approximate surface area is 126 Å². The molecule has 2 rings (SSSR count). The maximum Gasteiger partial charge on any atom is 0.101 e. The van der Waals surface area contributed by atoms with E-state index in [1.807, 2.05) is 19.1 Å². The molecule has 1 N–H and O–H groups in total. The highest BCUT2D eigenvalue weighted by Crippen LogP contribution is 2.35. The number of nitrogens with one attached hydrogen (secondary N) is 1. The molecule has 96 valence electrons. The molecule has 0 heterocycles. The average Bonchev–Trinajstić information content (AvgIpc) is 2.38. The van der Waals surface area contributed by atoms with E-state index in [0.717, 1.165) is 5.56 Å². The third-order valence-corrected chi connectivity index (χ3v) is 3.70. The lowest BCUT2D eigenvalue weighted by atomic mass is 10.1. The molecule has 0 aromatic heterocycles. The van der Waals surface area contributed by atoms with E-state index in [2.05, 4.69) is 11.4 Å². The number of halogens is 3. The van der Waals surface area contributed by atoms with Crippen molar-refractivity contribution in [2.24, 2.45) is 0 Å². The third-order valence-electron chi connectivity index (χ3n) is 2.66. The molecule has 0 saturated heterocycles. The second-order valence-corrected chi connectivity index (χ2v) is 5.20. The predicted octanol–water partition coefficient (Wildman–Crippen LogP) is 5.57. The van der Waals surface area contributed by atoms with Gasteiger partial charge in [0, 0.05) is 0 Å². The van der Waals surface area contributed by atoms with Gasteiger partial charge in [-0.2, -0.15) is 5.26 Å². The Kier molecular flexibility index (Phi) is 4.21. The Balaban J connectivity index is 2.48. The summed E-state index contributed by atoms with van der Waals surface area (Å²) in [7, 11) is 0. The Morgan fingerprint density at radius 1 is 1.05 bits per heavy atom. The summed E-state index contributed by atoms with van der Waals surface area (Å²) in [5.74, 6) is 0. The van der Waals surface area contributed by atoms with Gasteiger partial charge in [-0.3, -0.25) is 0 Å². The fourth-order valence-corrected chi connectivity index (χ4v) is 2.27. The van der Waals surface area contributed by atoms with Gasteiger partial charge in [0.05, 0.1) is 32.0 Å². The van der Waals surface area contributed by atoms with Crippen LogP contribution in [0.3, 0.4) is 0 Å². The third kappa shape index (κ3) is 2.96. The van der Waals surface area contributed by atoms with Crippen molar-refractivity contribution < 1.29 is 0 Å². The molecule has 5 heteroatoms. The van der Waals surface area contributed by atoms with Crippen molar-refractivity contribution in [2.75, 3.05) is 5.32 Å². The van der Waals surface area contributed by atoms with E-state index in [1.165, 1.54) is 0 Å². The van der Waals surface area contributed by atoms with Gasteiger partial charge in [0.1, 0.15) is 6.07 Å². The van der Waals surface area contributed by atoms with Gasteiger partial charge in [0.25, 0.3) is 0 Å². The summed E-state index contributed by atoms with van der Waals surface area (Å²) in [6, 6.07) is 10.8. The summed E-state index contributed by atoms with van der Waals surface area (Å²) in [6.07, 6.45) is 0. The topological polar surface area (TPSA) is 35.8 Å². The van der Waals surface area contributed by atoms with Crippen LogP contribution in [0.25, 0.3) is 0 Å². The Morgan fingerprint density at radius 2 is 1.74 bits per heavy atom. The molecule has 0 amide bonds. The minimum atomic E-state index is 0.391. The second-order valence-electron chi connectivity index (χ2n) is 3.98. The molecule has 0 saturated carbocycles. The van der Waals surface area contributed by atoms with Gasteiger partial charge in [0.15, 0.2) is 0 Å². The molecule has 0 unspecified atom stereocenters. The molecule has 0 aliphatic rings. The largest absolute Gasteiger partial charge is 0.353 e. The van der Waals surface area contributed by atoms with Crippen LogP contribution in [0.5, 0.6) is 0 Å². The maximum absolute atomic E-state index is 9.12. The molecule has 2 nitrogen and oxygen atoms in total. The Morgan fingerprint density at radius 3 is 2.42 bits per heavy atom. The predicted molar refractivity (Wildman–Crippen MR) is 80.6 cm³/mol. The van der Waals surface area contributed by atoms with E-state index in [1.54, 1.807) is 18.2 Å². The SMILES string of the molecule is Cc1cccc(C#N)c1Nc1cc(Cl)c(Cl)cc1Cl. The number of anilines is 2. The van der Waals surface area contributed by atoms with Crippen LogP contribution in [-0.4, -0.2) is 0 Å². The van der Waals surface area contributed by atoms with Gasteiger partial charge < -0.3 is 5.32 Å². The number of benzene rings is 2. The molecule has 0 bridgehead atoms. The van der Waals surface area contributed by atoms with Crippen molar-refractivity contribution in [3.8, 4) is 6.07 Å². The molecule has 0 fully saturated rings. The molecular weight excluding hydrogens is 303 g/mol. The van der Waals surface area contributed by atoms with Crippen LogP contribution in [0.2, 0.25) is 15.1 Å². The summed E-state index contributed by atoms with van der Waals surface area (Å²) in [6.45, 7) is 1.91. The minimum absolute atomic E-state index is 0.391. The number of para-hydroxylation sites is 1. The fourth-order valence-electron chi connectivity index (χ4n) is 1.68. The monoisotopic (exact) mass is 310 g/mol. The Hall–Kier alpha value is -1.40. The maximum atomic E-state index is 9.12. The average molecular weight is 312 g/mol. The first-order valence-corrected chi connectivity index (χ1v) is 6.57. The molecule has 19 heavy (non-hydrogen) atoms. The highest BCUT2D eigenvalue weighted by atomic mass is 35.5. The van der Waals surface area contributed by atoms with Gasteiger partial charge >= 0.3 is 0 Å². The number of rotatable bonds is 2. The van der Waals surface area contributed by atoms with Crippen molar-refractivity contribution >= 4 is 46.2 Å². The molecular formula is C14H9Cl3N2. The van der Waals surface area contributed by atoms with Crippen LogP contribution in [0.4, 0.5) is 11.4 Å². The lowest BCUT2D eigenvalue weighted by Gasteiger charge is -2.13. The molecule has 2 aromatic rings. The number of nitrogens with zero attached hydrogens (tertiary/aromatic N) is 1.